The molecule has 0 saturated heterocycles. The van der Waals surface area contributed by atoms with E-state index in [1.807, 2.05) is 6.92 Å². The van der Waals surface area contributed by atoms with Crippen LogP contribution >= 0.6 is 0 Å². The van der Waals surface area contributed by atoms with Crippen molar-refractivity contribution in [2.24, 2.45) is 0 Å². The Morgan fingerprint density at radius 1 is 0.920 bits per heavy atom. The zero-order valence-electron chi connectivity index (χ0n) is 14.0. The van der Waals surface area contributed by atoms with Crippen molar-refractivity contribution in [1.82, 2.24) is 0 Å². The maximum absolute atomic E-state index is 13.1. The molecule has 2 aromatic rings. The number of anilines is 2. The minimum atomic E-state index is -3.66. The SMILES string of the molecule is Cc1ccc(S(=O)(=O)N(c2ccc(NS(C)(=O)=O)cc2)C2CC2)cc1. The molecule has 0 unspecified atom stereocenters. The molecule has 0 aliphatic heterocycles. The van der Waals surface area contributed by atoms with Crippen molar-refractivity contribution in [2.45, 2.75) is 30.7 Å². The monoisotopic (exact) mass is 380 g/mol. The molecule has 0 spiro atoms. The summed E-state index contributed by atoms with van der Waals surface area (Å²) in [6.07, 6.45) is 2.70. The zero-order valence-corrected chi connectivity index (χ0v) is 15.6. The van der Waals surface area contributed by atoms with Gasteiger partial charge in [0.15, 0.2) is 0 Å². The lowest BCUT2D eigenvalue weighted by Crippen LogP contribution is -2.33. The molecule has 8 heteroatoms. The second kappa shape index (κ2) is 6.34. The topological polar surface area (TPSA) is 83.6 Å². The highest BCUT2D eigenvalue weighted by molar-refractivity contribution is 7.93. The van der Waals surface area contributed by atoms with Crippen molar-refractivity contribution in [1.29, 1.82) is 0 Å². The molecule has 0 bridgehead atoms. The molecule has 0 radical (unpaired) electrons. The van der Waals surface area contributed by atoms with Gasteiger partial charge in [0.2, 0.25) is 10.0 Å². The zero-order chi connectivity index (χ0) is 18.2. The van der Waals surface area contributed by atoms with E-state index in [4.69, 9.17) is 0 Å². The first-order chi connectivity index (χ1) is 11.7. The Bertz CT molecular complexity index is 962. The lowest BCUT2D eigenvalue weighted by Gasteiger charge is -2.24. The summed E-state index contributed by atoms with van der Waals surface area (Å²) in [5.41, 5.74) is 1.92. The highest BCUT2D eigenvalue weighted by Gasteiger charge is 2.38. The number of sulfonamides is 2. The van der Waals surface area contributed by atoms with Crippen LogP contribution < -0.4 is 9.03 Å². The van der Waals surface area contributed by atoms with Crippen molar-refractivity contribution < 1.29 is 16.8 Å². The predicted molar refractivity (Wildman–Crippen MR) is 98.8 cm³/mol. The van der Waals surface area contributed by atoms with E-state index >= 15 is 0 Å². The van der Waals surface area contributed by atoms with Gasteiger partial charge in [-0.3, -0.25) is 9.03 Å². The minimum Gasteiger partial charge on any atom is -0.284 e. The maximum Gasteiger partial charge on any atom is 0.264 e. The fourth-order valence-corrected chi connectivity index (χ4v) is 4.84. The molecule has 1 saturated carbocycles. The Kier molecular flexibility index (Phi) is 4.51. The Balaban J connectivity index is 1.95. The summed E-state index contributed by atoms with van der Waals surface area (Å²) in [5.74, 6) is 0. The highest BCUT2D eigenvalue weighted by atomic mass is 32.2. The van der Waals surface area contributed by atoms with E-state index in [0.717, 1.165) is 24.7 Å². The number of rotatable bonds is 6. The van der Waals surface area contributed by atoms with Gasteiger partial charge < -0.3 is 0 Å². The summed E-state index contributed by atoms with van der Waals surface area (Å²) in [5, 5.41) is 0. The van der Waals surface area contributed by atoms with Crippen molar-refractivity contribution in [2.75, 3.05) is 15.3 Å². The number of aryl methyl sites for hydroxylation is 1. The van der Waals surface area contributed by atoms with Gasteiger partial charge in [-0.15, -0.1) is 0 Å². The molecule has 0 heterocycles. The van der Waals surface area contributed by atoms with Gasteiger partial charge in [-0.1, -0.05) is 17.7 Å². The molecule has 2 aromatic carbocycles. The quantitative estimate of drug-likeness (QED) is 0.835. The molecule has 0 aromatic heterocycles. The fraction of sp³-hybridized carbons (Fsp3) is 0.294. The van der Waals surface area contributed by atoms with Gasteiger partial charge in [-0.25, -0.2) is 16.8 Å². The molecular weight excluding hydrogens is 360 g/mol. The van der Waals surface area contributed by atoms with E-state index in [2.05, 4.69) is 4.72 Å². The van der Waals surface area contributed by atoms with Crippen molar-refractivity contribution in [3.8, 4) is 0 Å². The molecule has 1 aliphatic carbocycles. The van der Waals surface area contributed by atoms with Gasteiger partial charge >= 0.3 is 0 Å². The first-order valence-corrected chi connectivity index (χ1v) is 11.2. The summed E-state index contributed by atoms with van der Waals surface area (Å²) < 4.78 is 52.5. The molecule has 25 heavy (non-hydrogen) atoms. The molecule has 6 nitrogen and oxygen atoms in total. The summed E-state index contributed by atoms with van der Waals surface area (Å²) in [4.78, 5) is 0.253. The van der Waals surface area contributed by atoms with Gasteiger partial charge in [-0.2, -0.15) is 0 Å². The third-order valence-corrected chi connectivity index (χ3v) is 6.38. The number of hydrogen-bond donors (Lipinski definition) is 1. The molecule has 3 rings (SSSR count). The second-order valence-corrected chi connectivity index (χ2v) is 9.83. The summed E-state index contributed by atoms with van der Waals surface area (Å²) >= 11 is 0. The van der Waals surface area contributed by atoms with Crippen LogP contribution in [0.2, 0.25) is 0 Å². The summed E-state index contributed by atoms with van der Waals surface area (Å²) in [7, 11) is -7.03. The number of hydrogen-bond acceptors (Lipinski definition) is 4. The van der Waals surface area contributed by atoms with Crippen LogP contribution in [-0.4, -0.2) is 29.1 Å². The molecule has 0 atom stereocenters. The first kappa shape index (κ1) is 17.8. The Morgan fingerprint density at radius 2 is 1.48 bits per heavy atom. The van der Waals surface area contributed by atoms with Crippen LogP contribution in [0.1, 0.15) is 18.4 Å². The van der Waals surface area contributed by atoms with Crippen molar-refractivity contribution in [3.63, 3.8) is 0 Å². The highest BCUT2D eigenvalue weighted by Crippen LogP contribution is 2.37. The standard InChI is InChI=1S/C17H20N2O4S2/c1-13-3-11-17(12-4-13)25(22,23)19(16-9-10-16)15-7-5-14(6-8-15)18-24(2,20)21/h3-8,11-12,16,18H,9-10H2,1-2H3. The van der Waals surface area contributed by atoms with E-state index in [1.54, 1.807) is 48.5 Å². The van der Waals surface area contributed by atoms with Gasteiger partial charge in [0, 0.05) is 11.7 Å². The van der Waals surface area contributed by atoms with E-state index < -0.39 is 20.0 Å². The molecule has 1 aliphatic rings. The molecule has 134 valence electrons. The van der Waals surface area contributed by atoms with Crippen molar-refractivity contribution in [3.05, 3.63) is 54.1 Å². The Morgan fingerprint density at radius 3 is 1.96 bits per heavy atom. The third-order valence-electron chi connectivity index (χ3n) is 3.88. The second-order valence-electron chi connectivity index (χ2n) is 6.27. The van der Waals surface area contributed by atoms with E-state index in [9.17, 15) is 16.8 Å². The van der Waals surface area contributed by atoms with Crippen LogP contribution in [-0.2, 0) is 20.0 Å². The lowest BCUT2D eigenvalue weighted by molar-refractivity contribution is 0.590. The van der Waals surface area contributed by atoms with Gasteiger partial charge in [0.05, 0.1) is 16.8 Å². The van der Waals surface area contributed by atoms with E-state index in [-0.39, 0.29) is 10.9 Å². The van der Waals surface area contributed by atoms with Gasteiger partial charge in [0.1, 0.15) is 0 Å². The van der Waals surface area contributed by atoms with Gasteiger partial charge in [0.25, 0.3) is 10.0 Å². The van der Waals surface area contributed by atoms with Crippen LogP contribution in [0.25, 0.3) is 0 Å². The maximum atomic E-state index is 13.1. The van der Waals surface area contributed by atoms with Crippen LogP contribution in [0.4, 0.5) is 11.4 Å². The molecule has 1 N–H and O–H groups in total. The third kappa shape index (κ3) is 4.13. The van der Waals surface area contributed by atoms with Crippen LogP contribution in [0.3, 0.4) is 0 Å². The number of benzene rings is 2. The van der Waals surface area contributed by atoms with Crippen LogP contribution in [0.15, 0.2) is 53.4 Å². The largest absolute Gasteiger partial charge is 0.284 e. The molecule has 1 fully saturated rings. The Labute approximate surface area is 148 Å². The average molecular weight is 380 g/mol. The first-order valence-electron chi connectivity index (χ1n) is 7.86. The number of nitrogens with zero attached hydrogens (tertiary/aromatic N) is 1. The van der Waals surface area contributed by atoms with Crippen LogP contribution in [0, 0.1) is 6.92 Å². The lowest BCUT2D eigenvalue weighted by atomic mass is 10.2. The minimum absolute atomic E-state index is 0.0555. The Hall–Kier alpha value is -2.06. The number of nitrogens with one attached hydrogen (secondary N) is 1. The molecule has 0 amide bonds. The average Bonchev–Trinajstić information content (AvgIpc) is 3.33. The molecular formula is C17H20N2O4S2. The van der Waals surface area contributed by atoms with Crippen LogP contribution in [0.5, 0.6) is 0 Å². The fourth-order valence-electron chi connectivity index (χ4n) is 2.57. The summed E-state index contributed by atoms with van der Waals surface area (Å²) in [6.45, 7) is 1.91. The van der Waals surface area contributed by atoms with E-state index in [0.29, 0.717) is 11.4 Å². The summed E-state index contributed by atoms with van der Waals surface area (Å²) in [6, 6.07) is 13.1. The van der Waals surface area contributed by atoms with E-state index in [1.165, 1.54) is 4.31 Å². The normalized spacial score (nSPS) is 15.0. The smallest absolute Gasteiger partial charge is 0.264 e. The predicted octanol–water partition coefficient (Wildman–Crippen LogP) is 2.72. The van der Waals surface area contributed by atoms with Gasteiger partial charge in [-0.05, 0) is 56.2 Å². The van der Waals surface area contributed by atoms with Crippen molar-refractivity contribution >= 4 is 31.4 Å².